The summed E-state index contributed by atoms with van der Waals surface area (Å²) in [6.45, 7) is 9.87. The fourth-order valence-corrected chi connectivity index (χ4v) is 4.08. The quantitative estimate of drug-likeness (QED) is 0.362. The number of fused-ring (bicyclic) bond motifs is 1. The third-order valence-electron chi connectivity index (χ3n) is 5.70. The van der Waals surface area contributed by atoms with Crippen LogP contribution in [0.2, 0.25) is 5.02 Å². The Kier molecular flexibility index (Phi) is 8.93. The standard InChI is InChI=1S/C28H33ClN4O3/c1-8-10-24(33(5)6)20-13-18(4)32-26-19(20)11-9-12-25(26)36-16-22-21(14-30-27(34)17(2)3)28(35-7)31-15-23(22)29/h8-13,15,17H,1,14,16H2,2-7H3,(H,30,34)/b24-10-. The van der Waals surface area contributed by atoms with E-state index in [0.29, 0.717) is 27.8 Å². The number of amides is 1. The number of ether oxygens (including phenoxy) is 2. The molecule has 0 aliphatic carbocycles. The molecule has 36 heavy (non-hydrogen) atoms. The normalized spacial score (nSPS) is 11.5. The van der Waals surface area contributed by atoms with Gasteiger partial charge < -0.3 is 19.7 Å². The Morgan fingerprint density at radius 2 is 2.03 bits per heavy atom. The molecule has 1 amide bonds. The summed E-state index contributed by atoms with van der Waals surface area (Å²) in [5.74, 6) is 0.790. The van der Waals surface area contributed by atoms with Crippen LogP contribution in [0.15, 0.2) is 49.2 Å². The molecule has 0 spiro atoms. The zero-order chi connectivity index (χ0) is 26.4. The van der Waals surface area contributed by atoms with Crippen LogP contribution in [0, 0.1) is 12.8 Å². The van der Waals surface area contributed by atoms with Crippen molar-refractivity contribution in [1.82, 2.24) is 20.2 Å². The molecular formula is C28H33ClN4O3. The van der Waals surface area contributed by atoms with E-state index in [0.717, 1.165) is 27.9 Å². The minimum absolute atomic E-state index is 0.0746. The molecule has 3 aromatic rings. The largest absolute Gasteiger partial charge is 0.487 e. The molecule has 0 radical (unpaired) electrons. The van der Waals surface area contributed by atoms with E-state index in [9.17, 15) is 4.79 Å². The molecule has 0 unspecified atom stereocenters. The number of rotatable bonds is 10. The fraction of sp³-hybridized carbons (Fsp3) is 0.321. The first kappa shape index (κ1) is 27.0. The lowest BCUT2D eigenvalue weighted by Crippen LogP contribution is -2.28. The van der Waals surface area contributed by atoms with Gasteiger partial charge in [0.15, 0.2) is 0 Å². The van der Waals surface area contributed by atoms with Gasteiger partial charge >= 0.3 is 0 Å². The molecular weight excluding hydrogens is 476 g/mol. The monoisotopic (exact) mass is 508 g/mol. The first-order valence-corrected chi connectivity index (χ1v) is 12.1. The third-order valence-corrected chi connectivity index (χ3v) is 6.02. The predicted octanol–water partition coefficient (Wildman–Crippen LogP) is 5.54. The van der Waals surface area contributed by atoms with Gasteiger partial charge in [0.05, 0.1) is 12.1 Å². The Morgan fingerprint density at radius 1 is 1.28 bits per heavy atom. The molecule has 1 N–H and O–H groups in total. The maximum atomic E-state index is 12.2. The van der Waals surface area contributed by atoms with Gasteiger partial charge in [-0.05, 0) is 25.1 Å². The van der Waals surface area contributed by atoms with Crippen LogP contribution in [0.1, 0.15) is 36.2 Å². The molecule has 0 aliphatic rings. The number of allylic oxidation sites excluding steroid dienone is 2. The fourth-order valence-electron chi connectivity index (χ4n) is 3.86. The van der Waals surface area contributed by atoms with Crippen LogP contribution in [0.4, 0.5) is 0 Å². The number of nitrogens with zero attached hydrogens (tertiary/aromatic N) is 3. The number of benzene rings is 1. The maximum absolute atomic E-state index is 12.2. The summed E-state index contributed by atoms with van der Waals surface area (Å²) in [5, 5.41) is 4.30. The third kappa shape index (κ3) is 5.97. The number of nitrogens with one attached hydrogen (secondary N) is 1. The molecule has 2 heterocycles. The second-order valence-corrected chi connectivity index (χ2v) is 9.29. The lowest BCUT2D eigenvalue weighted by Gasteiger charge is -2.20. The highest BCUT2D eigenvalue weighted by Crippen LogP contribution is 2.33. The number of aryl methyl sites for hydroxylation is 1. The summed E-state index contributed by atoms with van der Waals surface area (Å²) in [6.07, 6.45) is 5.28. The Labute approximate surface area is 217 Å². The second-order valence-electron chi connectivity index (χ2n) is 8.88. The van der Waals surface area contributed by atoms with Gasteiger partial charge in [0.2, 0.25) is 11.8 Å². The van der Waals surface area contributed by atoms with Gasteiger partial charge in [0, 0.05) is 66.2 Å². The van der Waals surface area contributed by atoms with E-state index in [1.807, 2.05) is 64.0 Å². The van der Waals surface area contributed by atoms with Gasteiger partial charge in [-0.2, -0.15) is 0 Å². The molecule has 0 fully saturated rings. The van der Waals surface area contributed by atoms with Gasteiger partial charge in [-0.25, -0.2) is 9.97 Å². The number of hydrogen-bond acceptors (Lipinski definition) is 6. The van der Waals surface area contributed by atoms with Crippen LogP contribution in [0.3, 0.4) is 0 Å². The maximum Gasteiger partial charge on any atom is 0.222 e. The molecule has 190 valence electrons. The summed E-state index contributed by atoms with van der Waals surface area (Å²) in [7, 11) is 5.53. The van der Waals surface area contributed by atoms with Crippen molar-refractivity contribution in [2.75, 3.05) is 21.2 Å². The van der Waals surface area contributed by atoms with E-state index in [4.69, 9.17) is 26.1 Å². The van der Waals surface area contributed by atoms with Gasteiger partial charge in [0.25, 0.3) is 0 Å². The van der Waals surface area contributed by atoms with Crippen molar-refractivity contribution < 1.29 is 14.3 Å². The highest BCUT2D eigenvalue weighted by molar-refractivity contribution is 6.31. The van der Waals surface area contributed by atoms with Crippen molar-refractivity contribution in [2.45, 2.75) is 33.9 Å². The molecule has 2 aromatic heterocycles. The van der Waals surface area contributed by atoms with Crippen LogP contribution < -0.4 is 14.8 Å². The zero-order valence-corrected chi connectivity index (χ0v) is 22.4. The summed E-state index contributed by atoms with van der Waals surface area (Å²) in [5.41, 5.74) is 5.03. The van der Waals surface area contributed by atoms with Crippen LogP contribution in [0.25, 0.3) is 16.6 Å². The van der Waals surface area contributed by atoms with Gasteiger partial charge in [-0.15, -0.1) is 0 Å². The summed E-state index contributed by atoms with van der Waals surface area (Å²) < 4.78 is 11.7. The van der Waals surface area contributed by atoms with E-state index >= 15 is 0 Å². The second kappa shape index (κ2) is 11.9. The van der Waals surface area contributed by atoms with Gasteiger partial charge in [0.1, 0.15) is 17.9 Å². The highest BCUT2D eigenvalue weighted by atomic mass is 35.5. The smallest absolute Gasteiger partial charge is 0.222 e. The number of halogens is 1. The van der Waals surface area contributed by atoms with E-state index in [1.54, 1.807) is 6.08 Å². The van der Waals surface area contributed by atoms with E-state index in [-0.39, 0.29) is 25.0 Å². The van der Waals surface area contributed by atoms with Crippen molar-refractivity contribution in [3.8, 4) is 11.6 Å². The number of pyridine rings is 2. The van der Waals surface area contributed by atoms with Crippen molar-refractivity contribution in [3.05, 3.63) is 76.6 Å². The van der Waals surface area contributed by atoms with E-state index in [2.05, 4.69) is 22.9 Å². The summed E-state index contributed by atoms with van der Waals surface area (Å²) in [6, 6.07) is 7.91. The number of carbonyl (C=O) groups excluding carboxylic acids is 1. The molecule has 0 saturated carbocycles. The molecule has 0 atom stereocenters. The first-order chi connectivity index (χ1) is 17.2. The first-order valence-electron chi connectivity index (χ1n) is 11.7. The molecule has 0 saturated heterocycles. The number of para-hydroxylation sites is 1. The van der Waals surface area contributed by atoms with Crippen LogP contribution >= 0.6 is 11.6 Å². The number of hydrogen-bond donors (Lipinski definition) is 1. The number of aromatic nitrogens is 2. The molecule has 0 aliphatic heterocycles. The van der Waals surface area contributed by atoms with Crippen molar-refractivity contribution in [2.24, 2.45) is 5.92 Å². The Balaban J connectivity index is 2.03. The molecule has 3 rings (SSSR count). The van der Waals surface area contributed by atoms with Crippen molar-refractivity contribution >= 4 is 34.1 Å². The lowest BCUT2D eigenvalue weighted by molar-refractivity contribution is -0.124. The topological polar surface area (TPSA) is 76.6 Å². The SMILES string of the molecule is C=C/C=C(/c1cc(C)nc2c(OCc3c(Cl)cnc(OC)c3CNC(=O)C(C)C)cccc12)N(C)C. The van der Waals surface area contributed by atoms with E-state index < -0.39 is 0 Å². The Morgan fingerprint density at radius 3 is 2.67 bits per heavy atom. The van der Waals surface area contributed by atoms with Crippen LogP contribution in [0.5, 0.6) is 11.6 Å². The molecule has 1 aromatic carbocycles. The van der Waals surface area contributed by atoms with Gasteiger partial charge in [-0.3, -0.25) is 4.79 Å². The predicted molar refractivity (Wildman–Crippen MR) is 145 cm³/mol. The lowest BCUT2D eigenvalue weighted by atomic mass is 10.0. The van der Waals surface area contributed by atoms with E-state index in [1.165, 1.54) is 13.3 Å². The molecule has 7 nitrogen and oxygen atoms in total. The number of methoxy groups -OCH3 is 1. The summed E-state index contributed by atoms with van der Waals surface area (Å²) in [4.78, 5) is 23.3. The number of carbonyl (C=O) groups is 1. The average Bonchev–Trinajstić information content (AvgIpc) is 2.84. The van der Waals surface area contributed by atoms with Crippen LogP contribution in [-0.2, 0) is 17.9 Å². The van der Waals surface area contributed by atoms with Crippen molar-refractivity contribution in [1.29, 1.82) is 0 Å². The van der Waals surface area contributed by atoms with Gasteiger partial charge in [-0.1, -0.05) is 50.2 Å². The summed E-state index contributed by atoms with van der Waals surface area (Å²) >= 11 is 6.53. The molecule has 0 bridgehead atoms. The average molecular weight is 509 g/mol. The Bertz CT molecular complexity index is 1300. The van der Waals surface area contributed by atoms with Crippen molar-refractivity contribution in [3.63, 3.8) is 0 Å². The minimum atomic E-state index is -0.149. The highest BCUT2D eigenvalue weighted by Gasteiger charge is 2.19. The zero-order valence-electron chi connectivity index (χ0n) is 21.7. The molecule has 8 heteroatoms. The van der Waals surface area contributed by atoms with Crippen LogP contribution in [-0.4, -0.2) is 42.0 Å². The minimum Gasteiger partial charge on any atom is -0.487 e. The Hall–Kier alpha value is -3.58.